The molecule has 2 heterocycles. The number of carbonyl (C=O) groups is 1. The van der Waals surface area contributed by atoms with Gasteiger partial charge >= 0.3 is 0 Å². The van der Waals surface area contributed by atoms with Crippen molar-refractivity contribution in [2.45, 2.75) is 19.9 Å². The van der Waals surface area contributed by atoms with E-state index in [1.807, 2.05) is 23.6 Å². The van der Waals surface area contributed by atoms with Crippen molar-refractivity contribution in [3.8, 4) is 0 Å². The average Bonchev–Trinajstić information content (AvgIpc) is 2.78. The van der Waals surface area contributed by atoms with Crippen molar-refractivity contribution in [3.05, 3.63) is 45.7 Å². The minimum Gasteiger partial charge on any atom is -0.352 e. The van der Waals surface area contributed by atoms with Crippen LogP contribution in [0, 0.1) is 0 Å². The highest BCUT2D eigenvalue weighted by Gasteiger charge is 2.19. The quantitative estimate of drug-likeness (QED) is 0.863. The first-order chi connectivity index (χ1) is 8.72. The van der Waals surface area contributed by atoms with Gasteiger partial charge in [0.25, 0.3) is 5.91 Å². The van der Waals surface area contributed by atoms with Gasteiger partial charge in [0.2, 0.25) is 5.43 Å². The molecule has 0 aliphatic carbocycles. The van der Waals surface area contributed by atoms with E-state index in [2.05, 4.69) is 5.32 Å². The fourth-order valence-electron chi connectivity index (χ4n) is 2.57. The van der Waals surface area contributed by atoms with E-state index in [-0.39, 0.29) is 16.9 Å². The number of hydrogen-bond donors (Lipinski definition) is 1. The molecule has 92 valence electrons. The van der Waals surface area contributed by atoms with E-state index in [0.29, 0.717) is 11.9 Å². The van der Waals surface area contributed by atoms with Gasteiger partial charge in [-0.2, -0.15) is 0 Å². The lowest BCUT2D eigenvalue weighted by atomic mass is 10.1. The van der Waals surface area contributed by atoms with Crippen molar-refractivity contribution < 1.29 is 4.79 Å². The first kappa shape index (κ1) is 11.0. The molecule has 4 nitrogen and oxygen atoms in total. The van der Waals surface area contributed by atoms with Crippen molar-refractivity contribution >= 4 is 16.8 Å². The van der Waals surface area contributed by atoms with Crippen LogP contribution in [-0.2, 0) is 13.0 Å². The molecule has 0 radical (unpaired) electrons. The van der Waals surface area contributed by atoms with Crippen LogP contribution in [-0.4, -0.2) is 17.0 Å². The molecule has 1 aliphatic rings. The number of rotatable bonds is 2. The lowest BCUT2D eigenvalue weighted by molar-refractivity contribution is 0.0954. The molecule has 3 rings (SSSR count). The summed E-state index contributed by atoms with van der Waals surface area (Å²) in [5.41, 5.74) is 2.24. The molecule has 1 amide bonds. The van der Waals surface area contributed by atoms with Crippen LogP contribution in [0.25, 0.3) is 10.9 Å². The normalized spacial score (nSPS) is 12.9. The monoisotopic (exact) mass is 242 g/mol. The second-order valence-corrected chi connectivity index (χ2v) is 4.49. The summed E-state index contributed by atoms with van der Waals surface area (Å²) in [6, 6.07) is 5.72. The predicted octanol–water partition coefficient (Wildman–Crippen LogP) is 1.31. The van der Waals surface area contributed by atoms with Gasteiger partial charge in [0.1, 0.15) is 5.56 Å². The van der Waals surface area contributed by atoms with Crippen molar-refractivity contribution in [3.63, 3.8) is 0 Å². The second-order valence-electron chi connectivity index (χ2n) is 4.49. The molecule has 0 unspecified atom stereocenters. The Balaban J connectivity index is 2.30. The predicted molar refractivity (Wildman–Crippen MR) is 69.9 cm³/mol. The van der Waals surface area contributed by atoms with E-state index in [1.165, 1.54) is 5.56 Å². The third kappa shape index (κ3) is 1.45. The van der Waals surface area contributed by atoms with Gasteiger partial charge in [0.15, 0.2) is 0 Å². The maximum absolute atomic E-state index is 12.3. The largest absolute Gasteiger partial charge is 0.352 e. The number of amides is 1. The summed E-state index contributed by atoms with van der Waals surface area (Å²) in [7, 11) is 0. The molecular formula is C14H14N2O2. The number of aromatic nitrogens is 1. The second kappa shape index (κ2) is 3.98. The number of aryl methyl sites for hydroxylation is 2. The standard InChI is InChI=1S/C14H14N2O2/c1-2-15-14(18)11-8-16-7-6-9-4-3-5-10(12(9)16)13(11)17/h3-5,8H,2,6-7H2,1H3,(H,15,18). The number of carbonyl (C=O) groups excluding carboxylic acids is 1. The molecule has 0 saturated carbocycles. The van der Waals surface area contributed by atoms with E-state index in [1.54, 1.807) is 12.3 Å². The zero-order chi connectivity index (χ0) is 12.7. The van der Waals surface area contributed by atoms with Crippen LogP contribution in [0.5, 0.6) is 0 Å². The smallest absolute Gasteiger partial charge is 0.256 e. The van der Waals surface area contributed by atoms with E-state index >= 15 is 0 Å². The topological polar surface area (TPSA) is 51.1 Å². The lowest BCUT2D eigenvalue weighted by Gasteiger charge is -2.08. The van der Waals surface area contributed by atoms with E-state index < -0.39 is 0 Å². The molecule has 18 heavy (non-hydrogen) atoms. The van der Waals surface area contributed by atoms with Gasteiger partial charge in [-0.15, -0.1) is 0 Å². The SMILES string of the molecule is CCNC(=O)c1cn2c3c(cccc3c1=O)CC2. The highest BCUT2D eigenvalue weighted by atomic mass is 16.2. The molecule has 0 fully saturated rings. The summed E-state index contributed by atoms with van der Waals surface area (Å²) in [5.74, 6) is -0.287. The third-order valence-electron chi connectivity index (χ3n) is 3.38. The van der Waals surface area contributed by atoms with Crippen LogP contribution in [0.3, 0.4) is 0 Å². The van der Waals surface area contributed by atoms with Gasteiger partial charge in [-0.1, -0.05) is 12.1 Å². The van der Waals surface area contributed by atoms with Crippen molar-refractivity contribution in [2.75, 3.05) is 6.54 Å². The van der Waals surface area contributed by atoms with E-state index in [0.717, 1.165) is 18.5 Å². The molecule has 1 aromatic carbocycles. The first-order valence-corrected chi connectivity index (χ1v) is 6.15. The molecule has 1 aliphatic heterocycles. The summed E-state index contributed by atoms with van der Waals surface area (Å²) >= 11 is 0. The van der Waals surface area contributed by atoms with E-state index in [9.17, 15) is 9.59 Å². The average molecular weight is 242 g/mol. The van der Waals surface area contributed by atoms with Gasteiger partial charge < -0.3 is 9.88 Å². The highest BCUT2D eigenvalue weighted by molar-refractivity contribution is 5.98. The minimum absolute atomic E-state index is 0.170. The Morgan fingerprint density at radius 2 is 2.28 bits per heavy atom. The molecular weight excluding hydrogens is 228 g/mol. The third-order valence-corrected chi connectivity index (χ3v) is 3.38. The van der Waals surface area contributed by atoms with Crippen molar-refractivity contribution in [1.29, 1.82) is 0 Å². The van der Waals surface area contributed by atoms with Crippen LogP contribution >= 0.6 is 0 Å². The fraction of sp³-hybridized carbons (Fsp3) is 0.286. The van der Waals surface area contributed by atoms with Crippen molar-refractivity contribution in [1.82, 2.24) is 9.88 Å². The summed E-state index contributed by atoms with van der Waals surface area (Å²) in [4.78, 5) is 24.2. The fourth-order valence-corrected chi connectivity index (χ4v) is 2.57. The highest BCUT2D eigenvalue weighted by Crippen LogP contribution is 2.23. The lowest BCUT2D eigenvalue weighted by Crippen LogP contribution is -2.29. The Labute approximate surface area is 104 Å². The molecule has 1 aromatic heterocycles. The van der Waals surface area contributed by atoms with Crippen LogP contribution in [0.1, 0.15) is 22.8 Å². The Morgan fingerprint density at radius 3 is 3.06 bits per heavy atom. The van der Waals surface area contributed by atoms with Gasteiger partial charge in [0.05, 0.1) is 5.52 Å². The summed E-state index contributed by atoms with van der Waals surface area (Å²) in [5, 5.41) is 3.33. The van der Waals surface area contributed by atoms with Gasteiger partial charge in [0, 0.05) is 24.7 Å². The number of nitrogens with one attached hydrogen (secondary N) is 1. The van der Waals surface area contributed by atoms with Crippen molar-refractivity contribution in [2.24, 2.45) is 0 Å². The van der Waals surface area contributed by atoms with Gasteiger partial charge in [-0.25, -0.2) is 0 Å². The van der Waals surface area contributed by atoms with Gasteiger partial charge in [-0.05, 0) is 25.0 Å². The zero-order valence-electron chi connectivity index (χ0n) is 10.2. The Kier molecular flexibility index (Phi) is 2.44. The summed E-state index contributed by atoms with van der Waals surface area (Å²) < 4.78 is 2.01. The van der Waals surface area contributed by atoms with Crippen LogP contribution in [0.4, 0.5) is 0 Å². The van der Waals surface area contributed by atoms with E-state index in [4.69, 9.17) is 0 Å². The molecule has 4 heteroatoms. The minimum atomic E-state index is -0.287. The van der Waals surface area contributed by atoms with Crippen LogP contribution in [0.2, 0.25) is 0 Å². The zero-order valence-corrected chi connectivity index (χ0v) is 10.2. The Bertz CT molecular complexity index is 701. The molecule has 0 spiro atoms. The van der Waals surface area contributed by atoms with Gasteiger partial charge in [-0.3, -0.25) is 9.59 Å². The van der Waals surface area contributed by atoms with Crippen LogP contribution < -0.4 is 10.7 Å². The Morgan fingerprint density at radius 1 is 1.44 bits per heavy atom. The number of benzene rings is 1. The number of hydrogen-bond acceptors (Lipinski definition) is 2. The number of para-hydroxylation sites is 1. The molecule has 0 saturated heterocycles. The molecule has 2 aromatic rings. The number of nitrogens with zero attached hydrogens (tertiary/aromatic N) is 1. The maximum Gasteiger partial charge on any atom is 0.256 e. The molecule has 0 bridgehead atoms. The van der Waals surface area contributed by atoms with Crippen LogP contribution in [0.15, 0.2) is 29.2 Å². The molecule has 0 atom stereocenters. The first-order valence-electron chi connectivity index (χ1n) is 6.15. The number of pyridine rings is 1. The molecule has 1 N–H and O–H groups in total. The Hall–Kier alpha value is -2.10. The summed E-state index contributed by atoms with van der Waals surface area (Å²) in [6.45, 7) is 3.20. The summed E-state index contributed by atoms with van der Waals surface area (Å²) in [6.07, 6.45) is 2.61. The maximum atomic E-state index is 12.3.